The van der Waals surface area contributed by atoms with Gasteiger partial charge in [-0.05, 0) is 44.0 Å². The summed E-state index contributed by atoms with van der Waals surface area (Å²) in [6.07, 6.45) is 9.33. The average Bonchev–Trinajstić information content (AvgIpc) is 2.86. The summed E-state index contributed by atoms with van der Waals surface area (Å²) in [4.78, 5) is 16.6. The first-order valence-electron chi connectivity index (χ1n) is 8.81. The Morgan fingerprint density at radius 3 is 2.42 bits per heavy atom. The van der Waals surface area contributed by atoms with Gasteiger partial charge in [0.15, 0.2) is 0 Å². The highest BCUT2D eigenvalue weighted by atomic mass is 16.1. The van der Waals surface area contributed by atoms with E-state index in [0.717, 1.165) is 11.4 Å². The van der Waals surface area contributed by atoms with Crippen LogP contribution < -0.4 is 10.6 Å². The first kappa shape index (κ1) is 16.5. The van der Waals surface area contributed by atoms with Gasteiger partial charge in [0.05, 0.1) is 0 Å². The lowest BCUT2D eigenvalue weighted by Gasteiger charge is -2.17. The average molecular weight is 323 g/mol. The smallest absolute Gasteiger partial charge is 0.274 e. The number of nitrogens with one attached hydrogen (secondary N) is 2. The molecule has 2 aromatic rings. The van der Waals surface area contributed by atoms with Crippen LogP contribution in [0.2, 0.25) is 0 Å². The van der Waals surface area contributed by atoms with Crippen LogP contribution in [0.25, 0.3) is 0 Å². The van der Waals surface area contributed by atoms with Crippen LogP contribution >= 0.6 is 0 Å². The molecule has 0 radical (unpaired) electrons. The van der Waals surface area contributed by atoms with Crippen molar-refractivity contribution in [2.75, 3.05) is 10.6 Å². The topological polar surface area (TPSA) is 54.0 Å². The van der Waals surface area contributed by atoms with E-state index < -0.39 is 0 Å². The number of aromatic nitrogens is 1. The van der Waals surface area contributed by atoms with Crippen molar-refractivity contribution in [2.24, 2.45) is 0 Å². The molecule has 24 heavy (non-hydrogen) atoms. The van der Waals surface area contributed by atoms with Crippen LogP contribution in [-0.2, 0) is 0 Å². The first-order chi connectivity index (χ1) is 11.7. The van der Waals surface area contributed by atoms with Crippen LogP contribution in [0.5, 0.6) is 0 Å². The van der Waals surface area contributed by atoms with E-state index in [1.807, 2.05) is 43.3 Å². The van der Waals surface area contributed by atoms with Crippen molar-refractivity contribution in [3.8, 4) is 0 Å². The maximum atomic E-state index is 12.4. The molecule has 0 saturated heterocycles. The summed E-state index contributed by atoms with van der Waals surface area (Å²) in [7, 11) is 0. The zero-order valence-electron chi connectivity index (χ0n) is 14.2. The minimum Gasteiger partial charge on any atom is -0.382 e. The molecule has 1 fully saturated rings. The Kier molecular flexibility index (Phi) is 5.47. The third-order valence-electron chi connectivity index (χ3n) is 4.53. The van der Waals surface area contributed by atoms with Crippen LogP contribution in [0.3, 0.4) is 0 Å². The van der Waals surface area contributed by atoms with Gasteiger partial charge in [-0.3, -0.25) is 9.78 Å². The first-order valence-corrected chi connectivity index (χ1v) is 8.81. The number of pyridine rings is 1. The summed E-state index contributed by atoms with van der Waals surface area (Å²) in [5.41, 5.74) is 3.37. The molecule has 4 nitrogen and oxygen atoms in total. The molecule has 1 amide bonds. The number of carbonyl (C=O) groups is 1. The summed E-state index contributed by atoms with van der Waals surface area (Å²) >= 11 is 0. The number of amides is 1. The van der Waals surface area contributed by atoms with Gasteiger partial charge in [-0.2, -0.15) is 0 Å². The molecular weight excluding hydrogens is 298 g/mol. The van der Waals surface area contributed by atoms with E-state index in [9.17, 15) is 4.79 Å². The van der Waals surface area contributed by atoms with Gasteiger partial charge in [0.25, 0.3) is 5.91 Å². The Labute approximate surface area is 143 Å². The molecule has 1 aliphatic rings. The van der Waals surface area contributed by atoms with E-state index in [-0.39, 0.29) is 5.91 Å². The third-order valence-corrected chi connectivity index (χ3v) is 4.53. The third kappa shape index (κ3) is 4.57. The molecule has 4 heteroatoms. The van der Waals surface area contributed by atoms with Crippen molar-refractivity contribution >= 4 is 17.3 Å². The van der Waals surface area contributed by atoms with Crippen molar-refractivity contribution < 1.29 is 4.79 Å². The monoisotopic (exact) mass is 323 g/mol. The number of nitrogens with zero attached hydrogens (tertiary/aromatic N) is 1. The second-order valence-corrected chi connectivity index (χ2v) is 6.58. The van der Waals surface area contributed by atoms with Crippen molar-refractivity contribution in [1.29, 1.82) is 0 Å². The number of anilines is 2. The fourth-order valence-electron chi connectivity index (χ4n) is 3.14. The van der Waals surface area contributed by atoms with Crippen molar-refractivity contribution in [3.63, 3.8) is 0 Å². The molecular formula is C20H25N3O. The second-order valence-electron chi connectivity index (χ2n) is 6.58. The summed E-state index contributed by atoms with van der Waals surface area (Å²) < 4.78 is 0. The summed E-state index contributed by atoms with van der Waals surface area (Å²) in [6, 6.07) is 12.0. The summed E-state index contributed by atoms with van der Waals surface area (Å²) in [5, 5.41) is 6.46. The summed E-state index contributed by atoms with van der Waals surface area (Å²) in [6.45, 7) is 2.02. The molecule has 1 heterocycles. The highest BCUT2D eigenvalue weighted by molar-refractivity contribution is 6.03. The van der Waals surface area contributed by atoms with E-state index in [4.69, 9.17) is 0 Å². The lowest BCUT2D eigenvalue weighted by Crippen LogP contribution is -2.19. The highest BCUT2D eigenvalue weighted by Gasteiger charge is 2.13. The molecule has 0 unspecified atom stereocenters. The number of benzene rings is 1. The maximum Gasteiger partial charge on any atom is 0.274 e. The molecule has 0 spiro atoms. The lowest BCUT2D eigenvalue weighted by atomic mass is 10.1. The molecule has 0 bridgehead atoms. The number of hydrogen-bond acceptors (Lipinski definition) is 3. The second kappa shape index (κ2) is 7.95. The molecule has 1 saturated carbocycles. The van der Waals surface area contributed by atoms with E-state index >= 15 is 0 Å². The number of hydrogen-bond donors (Lipinski definition) is 2. The normalized spacial score (nSPS) is 15.5. The van der Waals surface area contributed by atoms with Gasteiger partial charge in [-0.1, -0.05) is 43.4 Å². The minimum absolute atomic E-state index is 0.177. The Morgan fingerprint density at radius 1 is 1.00 bits per heavy atom. The van der Waals surface area contributed by atoms with Gasteiger partial charge in [0.2, 0.25) is 0 Å². The molecule has 2 N–H and O–H groups in total. The molecule has 1 aromatic heterocycles. The van der Waals surface area contributed by atoms with Crippen molar-refractivity contribution in [3.05, 3.63) is 53.9 Å². The van der Waals surface area contributed by atoms with Crippen LogP contribution in [0.4, 0.5) is 11.4 Å². The van der Waals surface area contributed by atoms with E-state index in [1.165, 1.54) is 44.1 Å². The van der Waals surface area contributed by atoms with Gasteiger partial charge in [-0.25, -0.2) is 0 Å². The molecule has 0 aliphatic heterocycles. The Balaban J connectivity index is 1.65. The predicted octanol–water partition coefficient (Wildman–Crippen LogP) is 4.78. The Bertz CT molecular complexity index is 674. The molecule has 1 aromatic carbocycles. The standard InChI is InChI=1S/C20H25N3O/c1-15-8-10-17(11-9-15)23-20(24)19-14-18(12-13-21-19)22-16-6-4-2-3-5-7-16/h8-14,16H,2-7H2,1H3,(H,21,22)(H,23,24). The van der Waals surface area contributed by atoms with Gasteiger partial charge in [0.1, 0.15) is 5.69 Å². The van der Waals surface area contributed by atoms with Crippen molar-refractivity contribution in [1.82, 2.24) is 4.98 Å². The molecule has 3 rings (SSSR count). The Hall–Kier alpha value is -2.36. The largest absolute Gasteiger partial charge is 0.382 e. The number of carbonyl (C=O) groups excluding carboxylic acids is 1. The van der Waals surface area contributed by atoms with Gasteiger partial charge in [0, 0.05) is 23.6 Å². The van der Waals surface area contributed by atoms with Crippen LogP contribution in [0, 0.1) is 6.92 Å². The fourth-order valence-corrected chi connectivity index (χ4v) is 3.14. The zero-order chi connectivity index (χ0) is 16.8. The number of rotatable bonds is 4. The fraction of sp³-hybridized carbons (Fsp3) is 0.400. The van der Waals surface area contributed by atoms with Gasteiger partial charge >= 0.3 is 0 Å². The highest BCUT2D eigenvalue weighted by Crippen LogP contribution is 2.21. The van der Waals surface area contributed by atoms with E-state index in [1.54, 1.807) is 6.20 Å². The van der Waals surface area contributed by atoms with Crippen LogP contribution in [0.15, 0.2) is 42.6 Å². The van der Waals surface area contributed by atoms with E-state index in [0.29, 0.717) is 11.7 Å². The predicted molar refractivity (Wildman–Crippen MR) is 98.5 cm³/mol. The maximum absolute atomic E-state index is 12.4. The van der Waals surface area contributed by atoms with Gasteiger partial charge in [-0.15, -0.1) is 0 Å². The van der Waals surface area contributed by atoms with Crippen LogP contribution in [-0.4, -0.2) is 16.9 Å². The Morgan fingerprint density at radius 2 is 1.71 bits per heavy atom. The number of aryl methyl sites for hydroxylation is 1. The molecule has 1 aliphatic carbocycles. The lowest BCUT2D eigenvalue weighted by molar-refractivity contribution is 0.102. The minimum atomic E-state index is -0.177. The molecule has 0 atom stereocenters. The van der Waals surface area contributed by atoms with E-state index in [2.05, 4.69) is 15.6 Å². The SMILES string of the molecule is Cc1ccc(NC(=O)c2cc(NC3CCCCCC3)ccn2)cc1. The quantitative estimate of drug-likeness (QED) is 0.796. The van der Waals surface area contributed by atoms with Crippen molar-refractivity contribution in [2.45, 2.75) is 51.5 Å². The van der Waals surface area contributed by atoms with Crippen LogP contribution in [0.1, 0.15) is 54.6 Å². The zero-order valence-corrected chi connectivity index (χ0v) is 14.2. The van der Waals surface area contributed by atoms with Gasteiger partial charge < -0.3 is 10.6 Å². The summed E-state index contributed by atoms with van der Waals surface area (Å²) in [5.74, 6) is -0.177. The molecule has 126 valence electrons.